The Morgan fingerprint density at radius 1 is 1.09 bits per heavy atom. The van der Waals surface area contributed by atoms with Crippen LogP contribution in [0.3, 0.4) is 0 Å². The third kappa shape index (κ3) is 15.7. The molecule has 0 aliphatic carbocycles. The van der Waals surface area contributed by atoms with E-state index in [2.05, 4.69) is 31.4 Å². The van der Waals surface area contributed by atoms with Crippen LogP contribution in [0.5, 0.6) is 0 Å². The lowest BCUT2D eigenvalue weighted by atomic mass is 10.1. The Bertz CT molecular complexity index is 298. The maximum Gasteiger partial charge on any atom is 0.221 e. The minimum atomic E-state index is -0.168. The molecule has 6 nitrogen and oxygen atoms in total. The molecule has 1 amide bonds. The van der Waals surface area contributed by atoms with Gasteiger partial charge in [0.1, 0.15) is 6.29 Å². The van der Waals surface area contributed by atoms with E-state index in [1.807, 2.05) is 0 Å². The van der Waals surface area contributed by atoms with Crippen LogP contribution in [0.25, 0.3) is 0 Å². The van der Waals surface area contributed by atoms with E-state index < -0.39 is 0 Å². The van der Waals surface area contributed by atoms with Gasteiger partial charge in [-0.15, -0.1) is 0 Å². The highest BCUT2D eigenvalue weighted by Crippen LogP contribution is 2.02. The summed E-state index contributed by atoms with van der Waals surface area (Å²) in [4.78, 5) is 22.5. The number of unbranched alkanes of at least 4 members (excludes halogenated alkanes) is 1. The predicted molar refractivity (Wildman–Crippen MR) is 91.5 cm³/mol. The molecule has 0 aliphatic rings. The molecule has 0 heterocycles. The lowest BCUT2D eigenvalue weighted by Crippen LogP contribution is -2.36. The predicted octanol–water partition coefficient (Wildman–Crippen LogP) is 1.53. The molecular formula is C17H34N2O4. The Kier molecular flexibility index (Phi) is 15.2. The van der Waals surface area contributed by atoms with Crippen LogP contribution >= 0.6 is 0 Å². The SMILES string of the molecule is CCCCOCCOCCNC(=O)CCN[C@H](C=O)CC(C)C. The maximum absolute atomic E-state index is 11.6. The van der Waals surface area contributed by atoms with Crippen LogP contribution in [0.15, 0.2) is 0 Å². The van der Waals surface area contributed by atoms with Gasteiger partial charge in [0.25, 0.3) is 0 Å². The zero-order chi connectivity index (χ0) is 17.3. The topological polar surface area (TPSA) is 76.7 Å². The van der Waals surface area contributed by atoms with Crippen molar-refractivity contribution in [3.8, 4) is 0 Å². The van der Waals surface area contributed by atoms with Crippen LogP contribution in [-0.4, -0.2) is 57.8 Å². The Labute approximate surface area is 140 Å². The monoisotopic (exact) mass is 330 g/mol. The molecule has 0 rings (SSSR count). The number of carbonyl (C=O) groups excluding carboxylic acids is 2. The van der Waals surface area contributed by atoms with Gasteiger partial charge in [-0.1, -0.05) is 27.2 Å². The van der Waals surface area contributed by atoms with E-state index in [1.54, 1.807) is 0 Å². The van der Waals surface area contributed by atoms with E-state index >= 15 is 0 Å². The summed E-state index contributed by atoms with van der Waals surface area (Å²) in [6, 6.07) is -0.168. The van der Waals surface area contributed by atoms with E-state index in [1.165, 1.54) is 0 Å². The van der Waals surface area contributed by atoms with Gasteiger partial charge < -0.3 is 24.9 Å². The van der Waals surface area contributed by atoms with Crippen LogP contribution in [0.2, 0.25) is 0 Å². The molecule has 0 fully saturated rings. The highest BCUT2D eigenvalue weighted by molar-refractivity contribution is 5.76. The fourth-order valence-electron chi connectivity index (χ4n) is 1.99. The second kappa shape index (κ2) is 15.9. The Hall–Kier alpha value is -0.980. The molecule has 2 N–H and O–H groups in total. The quantitative estimate of drug-likeness (QED) is 0.331. The number of rotatable bonds is 16. The average Bonchev–Trinajstić information content (AvgIpc) is 2.52. The molecule has 1 atom stereocenters. The van der Waals surface area contributed by atoms with Gasteiger partial charge in [-0.3, -0.25) is 4.79 Å². The average molecular weight is 330 g/mol. The van der Waals surface area contributed by atoms with Crippen molar-refractivity contribution in [1.82, 2.24) is 10.6 Å². The Morgan fingerprint density at radius 2 is 1.78 bits per heavy atom. The zero-order valence-corrected chi connectivity index (χ0v) is 14.9. The van der Waals surface area contributed by atoms with Crippen LogP contribution in [-0.2, 0) is 19.1 Å². The van der Waals surface area contributed by atoms with Crippen LogP contribution in [0.1, 0.15) is 46.5 Å². The number of aldehydes is 1. The Balaban J connectivity index is 3.41. The summed E-state index contributed by atoms with van der Waals surface area (Å²) < 4.78 is 10.7. The van der Waals surface area contributed by atoms with Gasteiger partial charge in [0.15, 0.2) is 0 Å². The molecule has 0 bridgehead atoms. The first-order valence-corrected chi connectivity index (χ1v) is 8.71. The van der Waals surface area contributed by atoms with Gasteiger partial charge >= 0.3 is 0 Å². The van der Waals surface area contributed by atoms with E-state index in [0.29, 0.717) is 45.2 Å². The van der Waals surface area contributed by atoms with Crippen LogP contribution < -0.4 is 10.6 Å². The number of carbonyl (C=O) groups is 2. The molecule has 23 heavy (non-hydrogen) atoms. The summed E-state index contributed by atoms with van der Waals surface area (Å²) in [7, 11) is 0. The summed E-state index contributed by atoms with van der Waals surface area (Å²) in [6.45, 7) is 9.69. The lowest BCUT2D eigenvalue weighted by molar-refractivity contribution is -0.121. The summed E-state index contributed by atoms with van der Waals surface area (Å²) in [6.07, 6.45) is 4.27. The van der Waals surface area contributed by atoms with E-state index in [4.69, 9.17) is 9.47 Å². The van der Waals surface area contributed by atoms with Gasteiger partial charge in [0, 0.05) is 26.1 Å². The molecule has 136 valence electrons. The highest BCUT2D eigenvalue weighted by Gasteiger charge is 2.09. The molecule has 0 aromatic heterocycles. The minimum absolute atomic E-state index is 0.0329. The summed E-state index contributed by atoms with van der Waals surface area (Å²) in [5, 5.41) is 5.88. The van der Waals surface area contributed by atoms with Crippen molar-refractivity contribution in [2.24, 2.45) is 5.92 Å². The van der Waals surface area contributed by atoms with Crippen molar-refractivity contribution in [3.05, 3.63) is 0 Å². The van der Waals surface area contributed by atoms with Gasteiger partial charge in [-0.05, 0) is 18.8 Å². The van der Waals surface area contributed by atoms with Crippen LogP contribution in [0.4, 0.5) is 0 Å². The largest absolute Gasteiger partial charge is 0.379 e. The molecule has 0 aromatic carbocycles. The van der Waals surface area contributed by atoms with Crippen molar-refractivity contribution in [2.75, 3.05) is 39.5 Å². The van der Waals surface area contributed by atoms with E-state index in [9.17, 15) is 9.59 Å². The number of ether oxygens (including phenoxy) is 2. The van der Waals surface area contributed by atoms with Crippen molar-refractivity contribution < 1.29 is 19.1 Å². The normalized spacial score (nSPS) is 12.3. The second-order valence-electron chi connectivity index (χ2n) is 6.00. The minimum Gasteiger partial charge on any atom is -0.379 e. The third-order valence-corrected chi connectivity index (χ3v) is 3.23. The molecule has 0 unspecified atom stereocenters. The second-order valence-corrected chi connectivity index (χ2v) is 6.00. The fourth-order valence-corrected chi connectivity index (χ4v) is 1.99. The summed E-state index contributed by atoms with van der Waals surface area (Å²) in [5.74, 6) is 0.420. The molecule has 0 saturated carbocycles. The summed E-state index contributed by atoms with van der Waals surface area (Å²) >= 11 is 0. The zero-order valence-electron chi connectivity index (χ0n) is 14.9. The van der Waals surface area contributed by atoms with Crippen molar-refractivity contribution in [1.29, 1.82) is 0 Å². The molecule has 6 heteroatoms. The maximum atomic E-state index is 11.6. The first-order valence-electron chi connectivity index (χ1n) is 8.71. The fraction of sp³-hybridized carbons (Fsp3) is 0.882. The Morgan fingerprint density at radius 3 is 2.39 bits per heavy atom. The van der Waals surface area contributed by atoms with Crippen molar-refractivity contribution in [2.45, 2.75) is 52.5 Å². The molecule has 0 saturated heterocycles. The molecule has 0 aliphatic heterocycles. The lowest BCUT2D eigenvalue weighted by Gasteiger charge is -2.14. The molecular weight excluding hydrogens is 296 g/mol. The molecule has 0 radical (unpaired) electrons. The third-order valence-electron chi connectivity index (χ3n) is 3.23. The molecule has 0 aromatic rings. The van der Waals surface area contributed by atoms with Crippen molar-refractivity contribution >= 4 is 12.2 Å². The molecule has 0 spiro atoms. The van der Waals surface area contributed by atoms with Gasteiger partial charge in [-0.25, -0.2) is 0 Å². The highest BCUT2D eigenvalue weighted by atomic mass is 16.5. The smallest absolute Gasteiger partial charge is 0.221 e. The van der Waals surface area contributed by atoms with Gasteiger partial charge in [-0.2, -0.15) is 0 Å². The first-order chi connectivity index (χ1) is 11.1. The standard InChI is InChI=1S/C17H34N2O4/c1-4-5-9-22-11-12-23-10-8-19-17(21)6-7-18-16(14-20)13-15(2)3/h14-16,18H,4-13H2,1-3H3,(H,19,21)/t16-/m0/s1. The van der Waals surface area contributed by atoms with E-state index in [0.717, 1.165) is 32.2 Å². The van der Waals surface area contributed by atoms with Gasteiger partial charge in [0.05, 0.1) is 25.9 Å². The van der Waals surface area contributed by atoms with Gasteiger partial charge in [0.2, 0.25) is 5.91 Å². The van der Waals surface area contributed by atoms with E-state index in [-0.39, 0.29) is 11.9 Å². The first kappa shape index (κ1) is 22.0. The van der Waals surface area contributed by atoms with Crippen molar-refractivity contribution in [3.63, 3.8) is 0 Å². The number of amides is 1. The number of nitrogens with one attached hydrogen (secondary N) is 2. The van der Waals surface area contributed by atoms with Crippen LogP contribution in [0, 0.1) is 5.92 Å². The summed E-state index contributed by atoms with van der Waals surface area (Å²) in [5.41, 5.74) is 0. The number of hydrogen-bond donors (Lipinski definition) is 2. The number of hydrogen-bond acceptors (Lipinski definition) is 5.